The summed E-state index contributed by atoms with van der Waals surface area (Å²) in [6.45, 7) is 0.689. The van der Waals surface area contributed by atoms with Gasteiger partial charge in [-0.2, -0.15) is 0 Å². The number of carbonyl (C=O) groups is 1. The van der Waals surface area contributed by atoms with E-state index in [1.807, 2.05) is 0 Å². The topological polar surface area (TPSA) is 107 Å². The number of rotatable bonds is 2. The fraction of sp³-hybridized carbons (Fsp3) is 0.364. The third-order valence-corrected chi connectivity index (χ3v) is 4.19. The molecule has 1 fully saturated rings. The van der Waals surface area contributed by atoms with Crippen LogP contribution in [0.2, 0.25) is 0 Å². The summed E-state index contributed by atoms with van der Waals surface area (Å²) < 4.78 is 11.2. The molecule has 1 aliphatic heterocycles. The van der Waals surface area contributed by atoms with Crippen LogP contribution in [0.15, 0.2) is 18.2 Å². The minimum atomic E-state index is -0.905. The van der Waals surface area contributed by atoms with Crippen LogP contribution in [-0.2, 0) is 10.8 Å². The van der Waals surface area contributed by atoms with Crippen LogP contribution in [0.25, 0.3) is 0 Å². The van der Waals surface area contributed by atoms with Gasteiger partial charge in [-0.3, -0.25) is 19.1 Å². The predicted octanol–water partition coefficient (Wildman–Crippen LogP) is 0.381. The van der Waals surface area contributed by atoms with Gasteiger partial charge in [0.1, 0.15) is 5.56 Å². The molecule has 7 nitrogen and oxygen atoms in total. The van der Waals surface area contributed by atoms with Crippen molar-refractivity contribution in [2.24, 2.45) is 0 Å². The van der Waals surface area contributed by atoms with E-state index < -0.39 is 21.6 Å². The van der Waals surface area contributed by atoms with Gasteiger partial charge in [-0.05, 0) is 12.1 Å². The van der Waals surface area contributed by atoms with Gasteiger partial charge in [0.25, 0.3) is 11.6 Å². The lowest BCUT2D eigenvalue weighted by molar-refractivity contribution is -0.385. The third kappa shape index (κ3) is 2.90. The molecule has 1 aliphatic rings. The number of amides is 1. The smallest absolute Gasteiger partial charge is 0.282 e. The fourth-order valence-electron chi connectivity index (χ4n) is 1.90. The van der Waals surface area contributed by atoms with E-state index in [2.05, 4.69) is 0 Å². The Bertz CT molecular complexity index is 551. The van der Waals surface area contributed by atoms with Crippen molar-refractivity contribution in [3.05, 3.63) is 33.9 Å². The first-order valence-corrected chi connectivity index (χ1v) is 7.16. The van der Waals surface area contributed by atoms with Crippen molar-refractivity contribution < 1.29 is 13.9 Å². The highest BCUT2D eigenvalue weighted by Crippen LogP contribution is 2.23. The zero-order valence-electron chi connectivity index (χ0n) is 10.1. The molecule has 2 rings (SSSR count). The molecule has 1 amide bonds. The molecule has 0 spiro atoms. The molecule has 0 atom stereocenters. The summed E-state index contributed by atoms with van der Waals surface area (Å²) >= 11 is 0. The molecule has 19 heavy (non-hydrogen) atoms. The van der Waals surface area contributed by atoms with Crippen molar-refractivity contribution in [2.75, 3.05) is 30.3 Å². The Morgan fingerprint density at radius 2 is 2.00 bits per heavy atom. The Morgan fingerprint density at radius 3 is 2.58 bits per heavy atom. The average molecular weight is 283 g/mol. The quantitative estimate of drug-likeness (QED) is 0.480. The maximum absolute atomic E-state index is 12.3. The van der Waals surface area contributed by atoms with Gasteiger partial charge in [0.05, 0.1) is 4.92 Å². The number of nitrogen functional groups attached to an aromatic ring is 1. The molecule has 0 bridgehead atoms. The van der Waals surface area contributed by atoms with Crippen LogP contribution in [0.3, 0.4) is 0 Å². The lowest BCUT2D eigenvalue weighted by Crippen LogP contribution is -2.42. The Hall–Kier alpha value is -1.96. The summed E-state index contributed by atoms with van der Waals surface area (Å²) in [5.74, 6) is 0.375. The lowest BCUT2D eigenvalue weighted by atomic mass is 10.1. The number of nitrogens with two attached hydrogens (primary N) is 1. The number of nitro groups is 1. The molecule has 1 aromatic carbocycles. The lowest BCUT2D eigenvalue weighted by Gasteiger charge is -2.26. The van der Waals surface area contributed by atoms with E-state index in [1.165, 1.54) is 23.1 Å². The number of hydrogen-bond acceptors (Lipinski definition) is 5. The number of hydrogen-bond donors (Lipinski definition) is 1. The predicted molar refractivity (Wildman–Crippen MR) is 71.3 cm³/mol. The first kappa shape index (κ1) is 13.5. The molecule has 1 heterocycles. The van der Waals surface area contributed by atoms with E-state index in [0.717, 1.165) is 0 Å². The van der Waals surface area contributed by atoms with Crippen molar-refractivity contribution in [2.45, 2.75) is 0 Å². The minimum Gasteiger partial charge on any atom is -0.399 e. The van der Waals surface area contributed by atoms with Gasteiger partial charge >= 0.3 is 0 Å². The second kappa shape index (κ2) is 5.35. The molecule has 1 aromatic rings. The second-order valence-electron chi connectivity index (χ2n) is 4.17. The SMILES string of the molecule is Nc1ccc([N+](=O)[O-])c(C(=O)N2CCS(=O)CC2)c1. The average Bonchev–Trinajstić information content (AvgIpc) is 2.38. The highest BCUT2D eigenvalue weighted by molar-refractivity contribution is 7.85. The van der Waals surface area contributed by atoms with Gasteiger partial charge in [-0.25, -0.2) is 0 Å². The molecule has 0 aromatic heterocycles. The third-order valence-electron chi connectivity index (χ3n) is 2.91. The molecule has 2 N–H and O–H groups in total. The van der Waals surface area contributed by atoms with E-state index in [-0.39, 0.29) is 11.3 Å². The van der Waals surface area contributed by atoms with Gasteiger partial charge in [0.2, 0.25) is 0 Å². The number of nitro benzene ring substituents is 1. The number of anilines is 1. The second-order valence-corrected chi connectivity index (χ2v) is 5.87. The van der Waals surface area contributed by atoms with Crippen LogP contribution in [0.4, 0.5) is 11.4 Å². The highest BCUT2D eigenvalue weighted by atomic mass is 32.2. The van der Waals surface area contributed by atoms with Crippen LogP contribution in [0, 0.1) is 10.1 Å². The Balaban J connectivity index is 2.30. The van der Waals surface area contributed by atoms with Crippen molar-refractivity contribution in [1.29, 1.82) is 0 Å². The zero-order valence-corrected chi connectivity index (χ0v) is 10.9. The summed E-state index contributed by atoms with van der Waals surface area (Å²) in [5.41, 5.74) is 5.60. The molecule has 1 saturated heterocycles. The summed E-state index contributed by atoms with van der Waals surface area (Å²) in [7, 11) is -0.905. The van der Waals surface area contributed by atoms with Gasteiger partial charge in [-0.15, -0.1) is 0 Å². The molecule has 0 saturated carbocycles. The van der Waals surface area contributed by atoms with Crippen LogP contribution >= 0.6 is 0 Å². The van der Waals surface area contributed by atoms with Crippen molar-refractivity contribution in [1.82, 2.24) is 4.90 Å². The van der Waals surface area contributed by atoms with Crippen LogP contribution < -0.4 is 5.73 Å². The Morgan fingerprint density at radius 1 is 1.37 bits per heavy atom. The monoisotopic (exact) mass is 283 g/mol. The van der Waals surface area contributed by atoms with Gasteiger partial charge in [0, 0.05) is 47.1 Å². The van der Waals surface area contributed by atoms with Crippen LogP contribution in [-0.4, -0.2) is 44.5 Å². The molecule has 8 heteroatoms. The molecule has 102 valence electrons. The summed E-state index contributed by atoms with van der Waals surface area (Å²) in [4.78, 5) is 24.0. The summed E-state index contributed by atoms with van der Waals surface area (Å²) in [5, 5.41) is 10.9. The van der Waals surface area contributed by atoms with E-state index in [9.17, 15) is 19.1 Å². The summed E-state index contributed by atoms with van der Waals surface area (Å²) in [6.07, 6.45) is 0. The standard InChI is InChI=1S/C11H13N3O4S/c12-8-1-2-10(14(16)17)9(7-8)11(15)13-3-5-19(18)6-4-13/h1-2,7H,3-6,12H2. The highest BCUT2D eigenvalue weighted by Gasteiger charge is 2.27. The molecule has 0 unspecified atom stereocenters. The van der Waals surface area contributed by atoms with Crippen LogP contribution in [0.5, 0.6) is 0 Å². The number of benzene rings is 1. The van der Waals surface area contributed by atoms with Crippen molar-refractivity contribution in [3.63, 3.8) is 0 Å². The molecular weight excluding hydrogens is 270 g/mol. The molecule has 0 radical (unpaired) electrons. The van der Waals surface area contributed by atoms with Gasteiger partial charge < -0.3 is 10.6 Å². The Kier molecular flexibility index (Phi) is 3.79. The molecular formula is C11H13N3O4S. The van der Waals surface area contributed by atoms with Crippen molar-refractivity contribution >= 4 is 28.1 Å². The molecule has 0 aliphatic carbocycles. The van der Waals surface area contributed by atoms with E-state index >= 15 is 0 Å². The number of nitrogens with zero attached hydrogens (tertiary/aromatic N) is 2. The van der Waals surface area contributed by atoms with E-state index in [4.69, 9.17) is 5.73 Å². The largest absolute Gasteiger partial charge is 0.399 e. The van der Waals surface area contributed by atoms with E-state index in [0.29, 0.717) is 30.3 Å². The Labute approximate surface area is 112 Å². The van der Waals surface area contributed by atoms with E-state index in [1.54, 1.807) is 0 Å². The van der Waals surface area contributed by atoms with Crippen LogP contribution in [0.1, 0.15) is 10.4 Å². The van der Waals surface area contributed by atoms with Gasteiger partial charge in [-0.1, -0.05) is 0 Å². The summed E-state index contributed by atoms with van der Waals surface area (Å²) in [6, 6.07) is 3.93. The van der Waals surface area contributed by atoms with Crippen molar-refractivity contribution in [3.8, 4) is 0 Å². The minimum absolute atomic E-state index is 0.0160. The first-order valence-electron chi connectivity index (χ1n) is 5.67. The first-order chi connectivity index (χ1) is 8.99. The van der Waals surface area contributed by atoms with Gasteiger partial charge in [0.15, 0.2) is 0 Å². The fourth-order valence-corrected chi connectivity index (χ4v) is 2.95. The zero-order chi connectivity index (χ0) is 14.0. The number of carbonyl (C=O) groups excluding carboxylic acids is 1. The maximum atomic E-state index is 12.3. The normalized spacial score (nSPS) is 16.3. The maximum Gasteiger partial charge on any atom is 0.282 e.